The number of ether oxygens (including phenoxy) is 1. The Morgan fingerprint density at radius 1 is 1.04 bits per heavy atom. The molecule has 0 amide bonds. The first kappa shape index (κ1) is 18.5. The van der Waals surface area contributed by atoms with E-state index in [4.69, 9.17) is 14.0 Å². The summed E-state index contributed by atoms with van der Waals surface area (Å²) in [5.41, 5.74) is -0.0761. The van der Waals surface area contributed by atoms with Crippen LogP contribution in [0.2, 0.25) is 0 Å². The molecule has 136 valence electrons. The number of carbonyl (C=O) groups is 1. The summed E-state index contributed by atoms with van der Waals surface area (Å²) in [6.07, 6.45) is 5.42. The SMILES string of the molecule is CC1(C)OB(C(C(=O)OC2CCCCC2)c2ccccc2)OC1(C)C. The predicted octanol–water partition coefficient (Wildman–Crippen LogP) is 4.28. The third-order valence-corrected chi connectivity index (χ3v) is 5.79. The molecular weight excluding hydrogens is 315 g/mol. The summed E-state index contributed by atoms with van der Waals surface area (Å²) in [4.78, 5) is 13.0. The molecule has 0 aromatic heterocycles. The average Bonchev–Trinajstić information content (AvgIpc) is 2.77. The molecule has 1 aromatic rings. The van der Waals surface area contributed by atoms with Crippen LogP contribution in [0.3, 0.4) is 0 Å². The maximum Gasteiger partial charge on any atom is 0.477 e. The normalized spacial score (nSPS) is 24.1. The highest BCUT2D eigenvalue weighted by molar-refractivity contribution is 6.52. The Labute approximate surface area is 151 Å². The number of rotatable bonds is 4. The number of hydrogen-bond acceptors (Lipinski definition) is 4. The molecule has 1 atom stereocenters. The lowest BCUT2D eigenvalue weighted by Crippen LogP contribution is -2.41. The van der Waals surface area contributed by atoms with Crippen molar-refractivity contribution in [3.63, 3.8) is 0 Å². The van der Waals surface area contributed by atoms with Gasteiger partial charge in [0.25, 0.3) is 0 Å². The van der Waals surface area contributed by atoms with Crippen LogP contribution in [0.15, 0.2) is 30.3 Å². The van der Waals surface area contributed by atoms with Crippen molar-refractivity contribution in [2.45, 2.75) is 82.9 Å². The molecule has 0 bridgehead atoms. The van der Waals surface area contributed by atoms with Gasteiger partial charge >= 0.3 is 13.1 Å². The summed E-state index contributed by atoms with van der Waals surface area (Å²) in [7, 11) is -0.636. The molecule has 1 heterocycles. The van der Waals surface area contributed by atoms with Crippen LogP contribution in [0.5, 0.6) is 0 Å². The molecule has 25 heavy (non-hydrogen) atoms. The van der Waals surface area contributed by atoms with E-state index in [1.165, 1.54) is 6.42 Å². The first-order valence-corrected chi connectivity index (χ1v) is 9.41. The van der Waals surface area contributed by atoms with Gasteiger partial charge in [-0.25, -0.2) is 0 Å². The maximum atomic E-state index is 13.0. The van der Waals surface area contributed by atoms with Gasteiger partial charge in [0.2, 0.25) is 0 Å². The molecule has 1 saturated carbocycles. The van der Waals surface area contributed by atoms with Crippen LogP contribution in [0, 0.1) is 0 Å². The lowest BCUT2D eigenvalue weighted by atomic mass is 9.68. The molecule has 2 fully saturated rings. The van der Waals surface area contributed by atoms with E-state index in [0.717, 1.165) is 31.2 Å². The van der Waals surface area contributed by atoms with Gasteiger partial charge in [0.15, 0.2) is 0 Å². The van der Waals surface area contributed by atoms with E-state index in [9.17, 15) is 4.79 Å². The molecule has 1 aromatic carbocycles. The van der Waals surface area contributed by atoms with Crippen LogP contribution in [0.1, 0.15) is 71.2 Å². The molecule has 0 spiro atoms. The Morgan fingerprint density at radius 3 is 2.16 bits per heavy atom. The van der Waals surface area contributed by atoms with E-state index < -0.39 is 24.1 Å². The van der Waals surface area contributed by atoms with Crippen LogP contribution >= 0.6 is 0 Å². The highest BCUT2D eigenvalue weighted by atomic mass is 16.7. The third kappa shape index (κ3) is 3.93. The molecule has 1 unspecified atom stereocenters. The van der Waals surface area contributed by atoms with Gasteiger partial charge < -0.3 is 14.0 Å². The number of hydrogen-bond donors (Lipinski definition) is 0. The van der Waals surface area contributed by atoms with E-state index >= 15 is 0 Å². The molecule has 0 N–H and O–H groups in total. The fourth-order valence-corrected chi connectivity index (χ4v) is 3.51. The van der Waals surface area contributed by atoms with Gasteiger partial charge in [-0.3, -0.25) is 4.79 Å². The largest absolute Gasteiger partial charge is 0.477 e. The zero-order valence-corrected chi connectivity index (χ0v) is 15.8. The smallest absolute Gasteiger partial charge is 0.462 e. The van der Waals surface area contributed by atoms with Gasteiger partial charge in [0, 0.05) is 0 Å². The average molecular weight is 344 g/mol. The Balaban J connectivity index is 1.82. The van der Waals surface area contributed by atoms with E-state index in [1.54, 1.807) is 0 Å². The van der Waals surface area contributed by atoms with Crippen molar-refractivity contribution in [1.82, 2.24) is 0 Å². The minimum atomic E-state index is -0.636. The lowest BCUT2D eigenvalue weighted by Gasteiger charge is -2.32. The van der Waals surface area contributed by atoms with E-state index in [1.807, 2.05) is 58.0 Å². The topological polar surface area (TPSA) is 44.8 Å². The minimum Gasteiger partial charge on any atom is -0.462 e. The fraction of sp³-hybridized carbons (Fsp3) is 0.650. The molecule has 1 aliphatic carbocycles. The van der Waals surface area contributed by atoms with Crippen molar-refractivity contribution in [2.24, 2.45) is 0 Å². The number of esters is 1. The third-order valence-electron chi connectivity index (χ3n) is 5.79. The summed E-state index contributed by atoms with van der Waals surface area (Å²) in [5.74, 6) is -0.805. The maximum absolute atomic E-state index is 13.0. The minimum absolute atomic E-state index is 0.0230. The molecule has 5 heteroatoms. The monoisotopic (exact) mass is 344 g/mol. The molecule has 1 aliphatic heterocycles. The van der Waals surface area contributed by atoms with E-state index in [-0.39, 0.29) is 12.1 Å². The van der Waals surface area contributed by atoms with Gasteiger partial charge in [-0.1, -0.05) is 36.8 Å². The molecule has 1 saturated heterocycles. The Morgan fingerprint density at radius 2 is 1.60 bits per heavy atom. The summed E-state index contributed by atoms with van der Waals surface area (Å²) >= 11 is 0. The van der Waals surface area contributed by atoms with Crippen LogP contribution < -0.4 is 0 Å². The van der Waals surface area contributed by atoms with E-state index in [2.05, 4.69) is 0 Å². The van der Waals surface area contributed by atoms with Crippen LogP contribution in [0.4, 0.5) is 0 Å². The van der Waals surface area contributed by atoms with Crippen molar-refractivity contribution in [3.8, 4) is 0 Å². The van der Waals surface area contributed by atoms with Crippen LogP contribution in [-0.4, -0.2) is 30.4 Å². The van der Waals surface area contributed by atoms with Crippen molar-refractivity contribution in [2.75, 3.05) is 0 Å². The van der Waals surface area contributed by atoms with E-state index in [0.29, 0.717) is 0 Å². The fourth-order valence-electron chi connectivity index (χ4n) is 3.51. The second-order valence-corrected chi connectivity index (χ2v) is 8.21. The molecule has 3 rings (SSSR count). The van der Waals surface area contributed by atoms with Crippen molar-refractivity contribution >= 4 is 13.1 Å². The predicted molar refractivity (Wildman–Crippen MR) is 98.2 cm³/mol. The first-order chi connectivity index (χ1) is 11.8. The highest BCUT2D eigenvalue weighted by Gasteiger charge is 2.56. The lowest BCUT2D eigenvalue weighted by molar-refractivity contribution is -0.150. The summed E-state index contributed by atoms with van der Waals surface area (Å²) in [6.45, 7) is 8.01. The van der Waals surface area contributed by atoms with Gasteiger partial charge in [-0.2, -0.15) is 0 Å². The molecule has 0 radical (unpaired) electrons. The van der Waals surface area contributed by atoms with Gasteiger partial charge in [0.1, 0.15) is 11.9 Å². The first-order valence-electron chi connectivity index (χ1n) is 9.41. The summed E-state index contributed by atoms with van der Waals surface area (Å²) in [6, 6.07) is 9.69. The quantitative estimate of drug-likeness (QED) is 0.604. The second kappa shape index (κ2) is 7.12. The molecule has 4 nitrogen and oxygen atoms in total. The standard InChI is InChI=1S/C20H29BO4/c1-19(2)20(3,4)25-21(24-19)17(15-11-7-5-8-12-15)18(22)23-16-13-9-6-10-14-16/h5,7-8,11-12,16-17H,6,9-10,13-14H2,1-4H3. The Bertz CT molecular complexity index is 577. The number of carbonyl (C=O) groups excluding carboxylic acids is 1. The molecular formula is C20H29BO4. The van der Waals surface area contributed by atoms with Gasteiger partial charge in [-0.05, 0) is 58.9 Å². The molecule has 2 aliphatic rings. The van der Waals surface area contributed by atoms with Gasteiger partial charge in [-0.15, -0.1) is 0 Å². The van der Waals surface area contributed by atoms with Gasteiger partial charge in [0.05, 0.1) is 11.2 Å². The zero-order chi connectivity index (χ0) is 18.1. The Hall–Kier alpha value is -1.33. The van der Waals surface area contributed by atoms with Crippen molar-refractivity contribution in [3.05, 3.63) is 35.9 Å². The Kier molecular flexibility index (Phi) is 5.26. The number of benzene rings is 1. The highest BCUT2D eigenvalue weighted by Crippen LogP contribution is 2.41. The zero-order valence-electron chi connectivity index (χ0n) is 15.8. The van der Waals surface area contributed by atoms with Crippen LogP contribution in [-0.2, 0) is 18.8 Å². The van der Waals surface area contributed by atoms with Crippen molar-refractivity contribution in [1.29, 1.82) is 0 Å². The summed E-state index contributed by atoms with van der Waals surface area (Å²) in [5, 5.41) is 0. The summed E-state index contributed by atoms with van der Waals surface area (Å²) < 4.78 is 18.2. The second-order valence-electron chi connectivity index (χ2n) is 8.21. The van der Waals surface area contributed by atoms with Crippen LogP contribution in [0.25, 0.3) is 0 Å². The van der Waals surface area contributed by atoms with Crippen molar-refractivity contribution < 1.29 is 18.8 Å².